The Labute approximate surface area is 115 Å². The third-order valence-corrected chi connectivity index (χ3v) is 3.39. The van der Waals surface area contributed by atoms with Gasteiger partial charge in [-0.1, -0.05) is 13.0 Å². The third-order valence-electron chi connectivity index (χ3n) is 3.39. The molecule has 106 valence electrons. The smallest absolute Gasteiger partial charge is 0.161 e. The number of rotatable bonds is 6. The molecule has 0 fully saturated rings. The molecule has 1 aromatic carbocycles. The third kappa shape index (κ3) is 3.61. The van der Waals surface area contributed by atoms with Crippen LogP contribution in [-0.2, 0) is 4.74 Å². The maximum absolute atomic E-state index is 5.64. The fraction of sp³-hybridized carbons (Fsp3) is 0.600. The van der Waals surface area contributed by atoms with Crippen molar-refractivity contribution in [2.45, 2.75) is 32.4 Å². The maximum Gasteiger partial charge on any atom is 0.161 e. The second kappa shape index (κ2) is 6.78. The van der Waals surface area contributed by atoms with E-state index < -0.39 is 0 Å². The molecule has 4 heteroatoms. The molecule has 2 rings (SSSR count). The molecule has 1 N–H and O–H groups in total. The molecule has 4 nitrogen and oxygen atoms in total. The largest absolute Gasteiger partial charge is 0.486 e. The van der Waals surface area contributed by atoms with Crippen molar-refractivity contribution in [1.82, 2.24) is 5.32 Å². The van der Waals surface area contributed by atoms with E-state index in [9.17, 15) is 0 Å². The second-order valence-electron chi connectivity index (χ2n) is 4.80. The van der Waals surface area contributed by atoms with Gasteiger partial charge in [-0.05, 0) is 37.6 Å². The van der Waals surface area contributed by atoms with Gasteiger partial charge in [0.25, 0.3) is 0 Å². The van der Waals surface area contributed by atoms with Crippen molar-refractivity contribution in [3.05, 3.63) is 23.8 Å². The predicted octanol–water partition coefficient (Wildman–Crippen LogP) is 2.53. The van der Waals surface area contributed by atoms with E-state index in [1.54, 1.807) is 7.11 Å². The predicted molar refractivity (Wildman–Crippen MR) is 74.9 cm³/mol. The highest BCUT2D eigenvalue weighted by Gasteiger charge is 2.18. The second-order valence-corrected chi connectivity index (χ2v) is 4.80. The van der Waals surface area contributed by atoms with Gasteiger partial charge in [0.1, 0.15) is 13.2 Å². The highest BCUT2D eigenvalue weighted by molar-refractivity contribution is 5.44. The van der Waals surface area contributed by atoms with Crippen molar-refractivity contribution in [2.75, 3.05) is 26.9 Å². The molecule has 0 aromatic heterocycles. The van der Waals surface area contributed by atoms with Gasteiger partial charge in [-0.2, -0.15) is 0 Å². The fourth-order valence-corrected chi connectivity index (χ4v) is 2.29. The minimum atomic E-state index is 0.220. The summed E-state index contributed by atoms with van der Waals surface area (Å²) < 4.78 is 16.6. The van der Waals surface area contributed by atoms with Gasteiger partial charge in [-0.15, -0.1) is 0 Å². The van der Waals surface area contributed by atoms with Crippen LogP contribution in [-0.4, -0.2) is 33.0 Å². The van der Waals surface area contributed by atoms with Crippen LogP contribution in [0.2, 0.25) is 0 Å². The molecule has 0 radical (unpaired) electrons. The van der Waals surface area contributed by atoms with Gasteiger partial charge in [-0.3, -0.25) is 0 Å². The molecular formula is C15H23NO3. The quantitative estimate of drug-likeness (QED) is 0.858. The Bertz CT molecular complexity index is 408. The molecule has 2 atom stereocenters. The summed E-state index contributed by atoms with van der Waals surface area (Å²) in [4.78, 5) is 0. The lowest BCUT2D eigenvalue weighted by Crippen LogP contribution is -2.25. The topological polar surface area (TPSA) is 39.7 Å². The summed E-state index contributed by atoms with van der Waals surface area (Å²) >= 11 is 0. The molecule has 0 spiro atoms. The summed E-state index contributed by atoms with van der Waals surface area (Å²) in [6.45, 7) is 6.38. The van der Waals surface area contributed by atoms with E-state index in [-0.39, 0.29) is 12.1 Å². The van der Waals surface area contributed by atoms with Crippen LogP contribution in [0.1, 0.15) is 31.9 Å². The number of ether oxygens (including phenoxy) is 3. The van der Waals surface area contributed by atoms with Crippen molar-refractivity contribution < 1.29 is 14.2 Å². The highest BCUT2D eigenvalue weighted by atomic mass is 16.6. The Morgan fingerprint density at radius 3 is 2.68 bits per heavy atom. The number of hydrogen-bond acceptors (Lipinski definition) is 4. The molecule has 0 saturated carbocycles. The Morgan fingerprint density at radius 1 is 1.26 bits per heavy atom. The van der Waals surface area contributed by atoms with E-state index in [1.807, 2.05) is 6.07 Å². The zero-order valence-electron chi connectivity index (χ0n) is 11.9. The molecule has 1 aromatic rings. The van der Waals surface area contributed by atoms with E-state index in [4.69, 9.17) is 14.2 Å². The first-order valence-corrected chi connectivity index (χ1v) is 6.90. The Hall–Kier alpha value is -1.26. The molecule has 2 unspecified atom stereocenters. The normalized spacial score (nSPS) is 17.0. The number of benzene rings is 1. The van der Waals surface area contributed by atoms with Crippen LogP contribution in [0.25, 0.3) is 0 Å². The molecule has 0 saturated heterocycles. The fourth-order valence-electron chi connectivity index (χ4n) is 2.29. The monoisotopic (exact) mass is 265 g/mol. The van der Waals surface area contributed by atoms with Crippen molar-refractivity contribution in [1.29, 1.82) is 0 Å². The van der Waals surface area contributed by atoms with Crippen LogP contribution in [0, 0.1) is 0 Å². The number of nitrogens with one attached hydrogen (secondary N) is 1. The summed E-state index contributed by atoms with van der Waals surface area (Å²) in [5.41, 5.74) is 1.22. The molecule has 1 aliphatic rings. The summed E-state index contributed by atoms with van der Waals surface area (Å²) in [5, 5.41) is 3.49. The van der Waals surface area contributed by atoms with Gasteiger partial charge in [0.2, 0.25) is 0 Å². The summed E-state index contributed by atoms with van der Waals surface area (Å²) in [5.74, 6) is 1.68. The number of methoxy groups -OCH3 is 1. The average molecular weight is 265 g/mol. The summed E-state index contributed by atoms with van der Waals surface area (Å²) in [6.07, 6.45) is 1.15. The molecular weight excluding hydrogens is 242 g/mol. The number of hydrogen-bond donors (Lipinski definition) is 1. The molecule has 0 bridgehead atoms. The lowest BCUT2D eigenvalue weighted by molar-refractivity contribution is 0.100. The Balaban J connectivity index is 2.16. The first kappa shape index (κ1) is 14.2. The van der Waals surface area contributed by atoms with E-state index in [0.29, 0.717) is 13.2 Å². The first-order chi connectivity index (χ1) is 9.24. The molecule has 0 amide bonds. The van der Waals surface area contributed by atoms with Crippen LogP contribution in [0.15, 0.2) is 18.2 Å². The van der Waals surface area contributed by atoms with Gasteiger partial charge in [0.05, 0.1) is 6.10 Å². The van der Waals surface area contributed by atoms with Crippen molar-refractivity contribution in [3.8, 4) is 11.5 Å². The van der Waals surface area contributed by atoms with Crippen molar-refractivity contribution >= 4 is 0 Å². The SMILES string of the molecule is CCNC(CC(C)OC)c1ccc2c(c1)OCCO2. The zero-order valence-corrected chi connectivity index (χ0v) is 11.9. The first-order valence-electron chi connectivity index (χ1n) is 6.90. The lowest BCUT2D eigenvalue weighted by Gasteiger charge is -2.24. The highest BCUT2D eigenvalue weighted by Crippen LogP contribution is 2.33. The van der Waals surface area contributed by atoms with E-state index in [2.05, 4.69) is 31.3 Å². The van der Waals surface area contributed by atoms with E-state index in [0.717, 1.165) is 24.5 Å². The standard InChI is InChI=1S/C15H23NO3/c1-4-16-13(9-11(2)17-3)12-5-6-14-15(10-12)19-8-7-18-14/h5-6,10-11,13,16H,4,7-9H2,1-3H3. The molecule has 0 aliphatic carbocycles. The van der Waals surface area contributed by atoms with Crippen LogP contribution in [0.3, 0.4) is 0 Å². The van der Waals surface area contributed by atoms with Gasteiger partial charge in [0.15, 0.2) is 11.5 Å². The van der Waals surface area contributed by atoms with Gasteiger partial charge in [0, 0.05) is 13.2 Å². The molecule has 1 heterocycles. The zero-order chi connectivity index (χ0) is 13.7. The van der Waals surface area contributed by atoms with Crippen LogP contribution in [0.4, 0.5) is 0 Å². The van der Waals surface area contributed by atoms with E-state index >= 15 is 0 Å². The molecule has 1 aliphatic heterocycles. The summed E-state index contributed by atoms with van der Waals surface area (Å²) in [7, 11) is 1.75. The van der Waals surface area contributed by atoms with Crippen LogP contribution < -0.4 is 14.8 Å². The maximum atomic E-state index is 5.64. The molecule has 19 heavy (non-hydrogen) atoms. The van der Waals surface area contributed by atoms with Crippen LogP contribution >= 0.6 is 0 Å². The van der Waals surface area contributed by atoms with Gasteiger partial charge < -0.3 is 19.5 Å². The van der Waals surface area contributed by atoms with Gasteiger partial charge >= 0.3 is 0 Å². The lowest BCUT2D eigenvalue weighted by atomic mass is 10.0. The average Bonchev–Trinajstić information content (AvgIpc) is 2.46. The minimum Gasteiger partial charge on any atom is -0.486 e. The number of fused-ring (bicyclic) bond motifs is 1. The summed E-state index contributed by atoms with van der Waals surface area (Å²) in [6, 6.07) is 6.44. The van der Waals surface area contributed by atoms with E-state index in [1.165, 1.54) is 5.56 Å². The van der Waals surface area contributed by atoms with Gasteiger partial charge in [-0.25, -0.2) is 0 Å². The van der Waals surface area contributed by atoms with Crippen molar-refractivity contribution in [3.63, 3.8) is 0 Å². The minimum absolute atomic E-state index is 0.220. The Kier molecular flexibility index (Phi) is 5.05. The van der Waals surface area contributed by atoms with Crippen molar-refractivity contribution in [2.24, 2.45) is 0 Å². The van der Waals surface area contributed by atoms with Crippen LogP contribution in [0.5, 0.6) is 11.5 Å². The Morgan fingerprint density at radius 2 is 2.00 bits per heavy atom.